The first-order chi connectivity index (χ1) is 4.81. The first-order valence-corrected chi connectivity index (χ1v) is 4.16. The van der Waals surface area contributed by atoms with Gasteiger partial charge in [-0.05, 0) is 13.8 Å². The topological polar surface area (TPSA) is 18.5 Å². The molecule has 0 unspecified atom stereocenters. The van der Waals surface area contributed by atoms with Crippen molar-refractivity contribution in [2.24, 2.45) is 0 Å². The van der Waals surface area contributed by atoms with Crippen LogP contribution in [0.3, 0.4) is 0 Å². The van der Waals surface area contributed by atoms with Crippen molar-refractivity contribution in [3.8, 4) is 0 Å². The highest BCUT2D eigenvalue weighted by atomic mass is 32.1. The standard InChI is InChI=1S/C7H16O2S/c1-3-8-5-7(10)6-9-4-2/h7,10H,3-6H2,1-2H3. The molecule has 0 bridgehead atoms. The molecule has 0 atom stereocenters. The molecule has 0 heterocycles. The Morgan fingerprint density at radius 2 is 1.50 bits per heavy atom. The van der Waals surface area contributed by atoms with Gasteiger partial charge in [-0.2, -0.15) is 12.6 Å². The van der Waals surface area contributed by atoms with Crippen molar-refractivity contribution in [2.75, 3.05) is 26.4 Å². The Morgan fingerprint density at radius 1 is 1.10 bits per heavy atom. The second kappa shape index (κ2) is 7.38. The van der Waals surface area contributed by atoms with Crippen LogP contribution < -0.4 is 0 Å². The molecule has 0 aromatic rings. The van der Waals surface area contributed by atoms with Gasteiger partial charge in [0.25, 0.3) is 0 Å². The van der Waals surface area contributed by atoms with Crippen LogP contribution in [-0.4, -0.2) is 31.7 Å². The van der Waals surface area contributed by atoms with E-state index in [1.54, 1.807) is 0 Å². The fraction of sp³-hybridized carbons (Fsp3) is 1.00. The van der Waals surface area contributed by atoms with Gasteiger partial charge in [0.2, 0.25) is 0 Å². The molecule has 0 saturated heterocycles. The second-order valence-corrected chi connectivity index (χ2v) is 2.70. The maximum absolute atomic E-state index is 5.14. The largest absolute Gasteiger partial charge is 0.381 e. The maximum Gasteiger partial charge on any atom is 0.0604 e. The Bertz CT molecular complexity index is 60.6. The smallest absolute Gasteiger partial charge is 0.0604 e. The Morgan fingerprint density at radius 3 is 1.80 bits per heavy atom. The zero-order chi connectivity index (χ0) is 7.82. The van der Waals surface area contributed by atoms with Gasteiger partial charge in [0, 0.05) is 18.5 Å². The molecule has 0 fully saturated rings. The van der Waals surface area contributed by atoms with Gasteiger partial charge in [0.05, 0.1) is 13.2 Å². The molecule has 0 aliphatic carbocycles. The second-order valence-electron chi connectivity index (χ2n) is 1.97. The van der Waals surface area contributed by atoms with Crippen LogP contribution in [0.2, 0.25) is 0 Å². The maximum atomic E-state index is 5.14. The van der Waals surface area contributed by atoms with E-state index in [-0.39, 0.29) is 5.25 Å². The van der Waals surface area contributed by atoms with Gasteiger partial charge >= 0.3 is 0 Å². The monoisotopic (exact) mass is 164 g/mol. The van der Waals surface area contributed by atoms with Gasteiger partial charge in [-0.3, -0.25) is 0 Å². The van der Waals surface area contributed by atoms with Crippen LogP contribution in [0.25, 0.3) is 0 Å². The molecule has 0 rings (SSSR count). The Labute approximate surface area is 68.3 Å². The Kier molecular flexibility index (Phi) is 7.58. The molecule has 62 valence electrons. The van der Waals surface area contributed by atoms with Crippen LogP contribution in [-0.2, 0) is 9.47 Å². The zero-order valence-corrected chi connectivity index (χ0v) is 7.56. The summed E-state index contributed by atoms with van der Waals surface area (Å²) in [6.07, 6.45) is 0. The summed E-state index contributed by atoms with van der Waals surface area (Å²) in [5.74, 6) is 0. The molecule has 10 heavy (non-hydrogen) atoms. The fourth-order valence-electron chi connectivity index (χ4n) is 0.556. The molecule has 0 amide bonds. The molecule has 0 aromatic heterocycles. The number of hydrogen-bond acceptors (Lipinski definition) is 3. The lowest BCUT2D eigenvalue weighted by atomic mass is 10.5. The summed E-state index contributed by atoms with van der Waals surface area (Å²) in [5.41, 5.74) is 0. The lowest BCUT2D eigenvalue weighted by Crippen LogP contribution is -2.16. The van der Waals surface area contributed by atoms with Gasteiger partial charge in [-0.1, -0.05) is 0 Å². The highest BCUT2D eigenvalue weighted by molar-refractivity contribution is 7.81. The molecule has 3 heteroatoms. The van der Waals surface area contributed by atoms with Crippen molar-refractivity contribution in [3.05, 3.63) is 0 Å². The van der Waals surface area contributed by atoms with E-state index in [2.05, 4.69) is 12.6 Å². The van der Waals surface area contributed by atoms with E-state index in [1.807, 2.05) is 13.8 Å². The normalized spacial score (nSPS) is 10.8. The predicted molar refractivity (Wildman–Crippen MR) is 45.8 cm³/mol. The van der Waals surface area contributed by atoms with Gasteiger partial charge in [-0.15, -0.1) is 0 Å². The van der Waals surface area contributed by atoms with E-state index in [1.165, 1.54) is 0 Å². The van der Waals surface area contributed by atoms with Crippen LogP contribution in [0.4, 0.5) is 0 Å². The van der Waals surface area contributed by atoms with Gasteiger partial charge in [0.15, 0.2) is 0 Å². The molecule has 0 N–H and O–H groups in total. The van der Waals surface area contributed by atoms with E-state index < -0.39 is 0 Å². The predicted octanol–water partition coefficient (Wildman–Crippen LogP) is 1.36. The van der Waals surface area contributed by atoms with Crippen molar-refractivity contribution in [2.45, 2.75) is 19.1 Å². The molecule has 2 nitrogen and oxygen atoms in total. The highest BCUT2D eigenvalue weighted by Gasteiger charge is 2.00. The third-order valence-electron chi connectivity index (χ3n) is 1.03. The zero-order valence-electron chi connectivity index (χ0n) is 6.67. The van der Waals surface area contributed by atoms with E-state index in [4.69, 9.17) is 9.47 Å². The van der Waals surface area contributed by atoms with Crippen molar-refractivity contribution in [3.63, 3.8) is 0 Å². The van der Waals surface area contributed by atoms with E-state index in [9.17, 15) is 0 Å². The van der Waals surface area contributed by atoms with E-state index in [0.29, 0.717) is 13.2 Å². The minimum absolute atomic E-state index is 0.222. The van der Waals surface area contributed by atoms with Crippen LogP contribution in [0.15, 0.2) is 0 Å². The Hall–Kier alpha value is 0.270. The van der Waals surface area contributed by atoms with Crippen molar-refractivity contribution >= 4 is 12.6 Å². The summed E-state index contributed by atoms with van der Waals surface area (Å²) >= 11 is 4.25. The number of rotatable bonds is 6. The molecular formula is C7H16O2S. The van der Waals surface area contributed by atoms with Crippen LogP contribution in [0, 0.1) is 0 Å². The summed E-state index contributed by atoms with van der Waals surface area (Å²) in [6, 6.07) is 0. The van der Waals surface area contributed by atoms with Gasteiger partial charge < -0.3 is 9.47 Å². The molecular weight excluding hydrogens is 148 g/mol. The average molecular weight is 164 g/mol. The van der Waals surface area contributed by atoms with Crippen molar-refractivity contribution in [1.82, 2.24) is 0 Å². The summed E-state index contributed by atoms with van der Waals surface area (Å²) in [5, 5.41) is 0.222. The first-order valence-electron chi connectivity index (χ1n) is 3.64. The number of thiol groups is 1. The van der Waals surface area contributed by atoms with Crippen molar-refractivity contribution in [1.29, 1.82) is 0 Å². The molecule has 0 aliphatic heterocycles. The SMILES string of the molecule is CCOCC(S)COCC. The lowest BCUT2D eigenvalue weighted by molar-refractivity contribution is 0.0996. The lowest BCUT2D eigenvalue weighted by Gasteiger charge is -2.09. The van der Waals surface area contributed by atoms with Crippen LogP contribution in [0.5, 0.6) is 0 Å². The molecule has 0 aromatic carbocycles. The molecule has 0 spiro atoms. The average Bonchev–Trinajstić information content (AvgIpc) is 1.97. The van der Waals surface area contributed by atoms with Crippen molar-refractivity contribution < 1.29 is 9.47 Å². The minimum Gasteiger partial charge on any atom is -0.381 e. The third kappa shape index (κ3) is 6.39. The highest BCUT2D eigenvalue weighted by Crippen LogP contribution is 1.96. The summed E-state index contributed by atoms with van der Waals surface area (Å²) in [4.78, 5) is 0. The number of hydrogen-bond donors (Lipinski definition) is 1. The van der Waals surface area contributed by atoms with E-state index in [0.717, 1.165) is 13.2 Å². The summed E-state index contributed by atoms with van der Waals surface area (Å²) in [7, 11) is 0. The fourth-order valence-corrected chi connectivity index (χ4v) is 0.767. The number of ether oxygens (including phenoxy) is 2. The Balaban J connectivity index is 3.00. The molecule has 0 radical (unpaired) electrons. The summed E-state index contributed by atoms with van der Waals surface area (Å²) < 4.78 is 10.3. The van der Waals surface area contributed by atoms with Gasteiger partial charge in [0.1, 0.15) is 0 Å². The summed E-state index contributed by atoms with van der Waals surface area (Å²) in [6.45, 7) is 6.81. The van der Waals surface area contributed by atoms with E-state index >= 15 is 0 Å². The quantitative estimate of drug-likeness (QED) is 0.597. The first kappa shape index (κ1) is 10.3. The van der Waals surface area contributed by atoms with Crippen LogP contribution in [0.1, 0.15) is 13.8 Å². The molecule has 0 aliphatic rings. The molecule has 0 saturated carbocycles. The van der Waals surface area contributed by atoms with Crippen LogP contribution >= 0.6 is 12.6 Å². The minimum atomic E-state index is 0.222. The third-order valence-corrected chi connectivity index (χ3v) is 1.33. The van der Waals surface area contributed by atoms with Gasteiger partial charge in [-0.25, -0.2) is 0 Å².